The van der Waals surface area contributed by atoms with Gasteiger partial charge in [0.2, 0.25) is 5.75 Å². The molecule has 1 aromatic heterocycles. The van der Waals surface area contributed by atoms with Crippen LogP contribution in [0.5, 0.6) is 28.7 Å². The average Bonchev–Trinajstić information content (AvgIpc) is 2.48. The van der Waals surface area contributed by atoms with Gasteiger partial charge in [0.1, 0.15) is 5.76 Å². The summed E-state index contributed by atoms with van der Waals surface area (Å²) < 4.78 is 5.38. The Morgan fingerprint density at radius 3 is 2.05 bits per heavy atom. The number of benzene rings is 2. The van der Waals surface area contributed by atoms with E-state index in [1.807, 2.05) is 0 Å². The summed E-state index contributed by atoms with van der Waals surface area (Å²) in [6.45, 7) is 0. The fraction of sp³-hybridized carbons (Fsp3) is 0. The molecular formula is C15H10O7. The van der Waals surface area contributed by atoms with Crippen LogP contribution in [-0.4, -0.2) is 25.5 Å². The molecule has 3 aromatic rings. The van der Waals surface area contributed by atoms with Gasteiger partial charge in [-0.2, -0.15) is 0 Å². The van der Waals surface area contributed by atoms with E-state index in [1.165, 1.54) is 6.07 Å². The third kappa shape index (κ3) is 1.96. The maximum Gasteiger partial charge on any atom is 0.201 e. The summed E-state index contributed by atoms with van der Waals surface area (Å²) in [6, 6.07) is 5.72. The lowest BCUT2D eigenvalue weighted by molar-refractivity contribution is 0.368. The van der Waals surface area contributed by atoms with Crippen molar-refractivity contribution in [2.45, 2.75) is 0 Å². The van der Waals surface area contributed by atoms with Crippen molar-refractivity contribution in [2.24, 2.45) is 0 Å². The van der Waals surface area contributed by atoms with Gasteiger partial charge < -0.3 is 29.9 Å². The molecule has 0 spiro atoms. The summed E-state index contributed by atoms with van der Waals surface area (Å²) in [6.07, 6.45) is 0. The molecule has 0 unspecified atom stereocenters. The molecule has 1 heterocycles. The minimum absolute atomic E-state index is 0.0614. The Morgan fingerprint density at radius 2 is 1.41 bits per heavy atom. The van der Waals surface area contributed by atoms with Gasteiger partial charge in [0.25, 0.3) is 0 Å². The van der Waals surface area contributed by atoms with Gasteiger partial charge in [0, 0.05) is 11.6 Å². The first-order valence-corrected chi connectivity index (χ1v) is 6.12. The standard InChI is InChI=1S/C15H10O7/c16-8-2-1-7-9(17)5-12(22-15(7)14(8)21)6-3-10(18)13(20)11(19)4-6/h1-5,16,18-21H. The Morgan fingerprint density at radius 1 is 0.773 bits per heavy atom. The highest BCUT2D eigenvalue weighted by Crippen LogP contribution is 2.40. The maximum atomic E-state index is 12.0. The molecule has 0 radical (unpaired) electrons. The Labute approximate surface area is 122 Å². The first kappa shape index (κ1) is 13.6. The highest BCUT2D eigenvalue weighted by atomic mass is 16.4. The summed E-state index contributed by atoms with van der Waals surface area (Å²) in [5.74, 6) is -3.01. The van der Waals surface area contributed by atoms with E-state index >= 15 is 0 Å². The largest absolute Gasteiger partial charge is 0.504 e. The van der Waals surface area contributed by atoms with Crippen LogP contribution >= 0.6 is 0 Å². The minimum atomic E-state index is -0.702. The topological polar surface area (TPSA) is 131 Å². The molecule has 7 nitrogen and oxygen atoms in total. The van der Waals surface area contributed by atoms with Crippen LogP contribution in [0.15, 0.2) is 39.5 Å². The zero-order chi connectivity index (χ0) is 16.0. The van der Waals surface area contributed by atoms with Gasteiger partial charge in [-0.3, -0.25) is 4.79 Å². The van der Waals surface area contributed by atoms with Crippen LogP contribution in [0.25, 0.3) is 22.3 Å². The highest BCUT2D eigenvalue weighted by Gasteiger charge is 2.15. The molecule has 0 amide bonds. The minimum Gasteiger partial charge on any atom is -0.504 e. The molecule has 0 saturated carbocycles. The molecule has 7 heteroatoms. The third-order valence-corrected chi connectivity index (χ3v) is 3.20. The van der Waals surface area contributed by atoms with Gasteiger partial charge in [-0.25, -0.2) is 0 Å². The Hall–Kier alpha value is -3.35. The van der Waals surface area contributed by atoms with Crippen molar-refractivity contribution in [3.8, 4) is 40.1 Å². The van der Waals surface area contributed by atoms with E-state index in [4.69, 9.17) is 4.42 Å². The Kier molecular flexibility index (Phi) is 2.84. The van der Waals surface area contributed by atoms with Gasteiger partial charge in [-0.05, 0) is 24.3 Å². The molecule has 0 aliphatic heterocycles. The number of phenolic OH excluding ortho intramolecular Hbond substituents is 5. The zero-order valence-corrected chi connectivity index (χ0v) is 10.9. The second-order valence-corrected chi connectivity index (χ2v) is 4.65. The fourth-order valence-electron chi connectivity index (χ4n) is 2.08. The van der Waals surface area contributed by atoms with E-state index < -0.39 is 34.2 Å². The van der Waals surface area contributed by atoms with E-state index in [0.717, 1.165) is 24.3 Å². The van der Waals surface area contributed by atoms with Crippen molar-refractivity contribution in [1.82, 2.24) is 0 Å². The molecule has 0 saturated heterocycles. The monoisotopic (exact) mass is 302 g/mol. The molecule has 0 atom stereocenters. The predicted molar refractivity (Wildman–Crippen MR) is 76.2 cm³/mol. The SMILES string of the molecule is O=c1cc(-c2cc(O)c(O)c(O)c2)oc2c(O)c(O)ccc12. The van der Waals surface area contributed by atoms with Gasteiger partial charge in [0.05, 0.1) is 5.39 Å². The number of fused-ring (bicyclic) bond motifs is 1. The summed E-state index contributed by atoms with van der Waals surface area (Å²) >= 11 is 0. The van der Waals surface area contributed by atoms with Crippen molar-refractivity contribution < 1.29 is 29.9 Å². The van der Waals surface area contributed by atoms with Crippen LogP contribution < -0.4 is 5.43 Å². The summed E-state index contributed by atoms with van der Waals surface area (Å²) in [7, 11) is 0. The highest BCUT2D eigenvalue weighted by molar-refractivity contribution is 5.86. The quantitative estimate of drug-likeness (QED) is 0.434. The lowest BCUT2D eigenvalue weighted by Gasteiger charge is -2.07. The van der Waals surface area contributed by atoms with Crippen LogP contribution in [0, 0.1) is 0 Å². The lowest BCUT2D eigenvalue weighted by atomic mass is 10.1. The van der Waals surface area contributed by atoms with Gasteiger partial charge >= 0.3 is 0 Å². The molecule has 112 valence electrons. The van der Waals surface area contributed by atoms with Crippen LogP contribution in [-0.2, 0) is 0 Å². The molecule has 0 bridgehead atoms. The molecule has 0 aliphatic carbocycles. The first-order chi connectivity index (χ1) is 10.4. The van der Waals surface area contributed by atoms with Gasteiger partial charge in [0.15, 0.2) is 34.0 Å². The Balaban J connectivity index is 2.33. The fourth-order valence-corrected chi connectivity index (χ4v) is 2.08. The number of hydrogen-bond donors (Lipinski definition) is 5. The van der Waals surface area contributed by atoms with Crippen LogP contribution in [0.4, 0.5) is 0 Å². The van der Waals surface area contributed by atoms with Crippen LogP contribution in [0.3, 0.4) is 0 Å². The summed E-state index contributed by atoms with van der Waals surface area (Å²) in [4.78, 5) is 12.0. The number of aromatic hydroxyl groups is 5. The van der Waals surface area contributed by atoms with Crippen molar-refractivity contribution in [1.29, 1.82) is 0 Å². The van der Waals surface area contributed by atoms with Gasteiger partial charge in [-0.1, -0.05) is 0 Å². The first-order valence-electron chi connectivity index (χ1n) is 6.12. The molecule has 2 aromatic carbocycles. The normalized spacial score (nSPS) is 10.9. The van der Waals surface area contributed by atoms with Crippen molar-refractivity contribution >= 4 is 11.0 Å². The van der Waals surface area contributed by atoms with E-state index in [-0.39, 0.29) is 22.3 Å². The van der Waals surface area contributed by atoms with E-state index in [0.29, 0.717) is 0 Å². The molecule has 22 heavy (non-hydrogen) atoms. The van der Waals surface area contributed by atoms with Crippen LogP contribution in [0.2, 0.25) is 0 Å². The molecular weight excluding hydrogens is 292 g/mol. The number of rotatable bonds is 1. The van der Waals surface area contributed by atoms with Crippen molar-refractivity contribution in [3.63, 3.8) is 0 Å². The number of hydrogen-bond acceptors (Lipinski definition) is 7. The molecule has 5 N–H and O–H groups in total. The van der Waals surface area contributed by atoms with E-state index in [2.05, 4.69) is 0 Å². The molecule has 0 fully saturated rings. The smallest absolute Gasteiger partial charge is 0.201 e. The number of phenols is 5. The molecule has 0 aliphatic rings. The summed E-state index contributed by atoms with van der Waals surface area (Å²) in [5.41, 5.74) is -0.609. The second kappa shape index (κ2) is 4.59. The van der Waals surface area contributed by atoms with Gasteiger partial charge in [-0.15, -0.1) is 0 Å². The predicted octanol–water partition coefficient (Wildman–Crippen LogP) is 1.99. The third-order valence-electron chi connectivity index (χ3n) is 3.20. The zero-order valence-electron chi connectivity index (χ0n) is 10.9. The van der Waals surface area contributed by atoms with Crippen molar-refractivity contribution in [2.75, 3.05) is 0 Å². The van der Waals surface area contributed by atoms with Crippen LogP contribution in [0.1, 0.15) is 0 Å². The van der Waals surface area contributed by atoms with E-state index in [9.17, 15) is 30.3 Å². The Bertz CT molecular complexity index is 933. The second-order valence-electron chi connectivity index (χ2n) is 4.65. The molecule has 3 rings (SSSR count). The lowest BCUT2D eigenvalue weighted by Crippen LogP contribution is -2.00. The summed E-state index contributed by atoms with van der Waals surface area (Å²) in [5, 5.41) is 47.6. The van der Waals surface area contributed by atoms with E-state index in [1.54, 1.807) is 0 Å². The van der Waals surface area contributed by atoms with Crippen molar-refractivity contribution in [3.05, 3.63) is 40.6 Å². The average molecular weight is 302 g/mol. The maximum absolute atomic E-state index is 12.0.